The Morgan fingerprint density at radius 2 is 1.68 bits per heavy atom. The zero-order valence-electron chi connectivity index (χ0n) is 18.4. The van der Waals surface area contributed by atoms with Crippen LogP contribution in [0.25, 0.3) is 0 Å². The van der Waals surface area contributed by atoms with Gasteiger partial charge in [-0.05, 0) is 67.9 Å². The Labute approximate surface area is 208 Å². The smallest absolute Gasteiger partial charge is 0.339 e. The lowest BCUT2D eigenvalue weighted by Gasteiger charge is -2.25. The van der Waals surface area contributed by atoms with Crippen LogP contribution in [0.3, 0.4) is 0 Å². The predicted molar refractivity (Wildman–Crippen MR) is 133 cm³/mol. The van der Waals surface area contributed by atoms with E-state index in [9.17, 15) is 18.0 Å². The minimum absolute atomic E-state index is 0.00483. The highest BCUT2D eigenvalue weighted by Crippen LogP contribution is 2.28. The van der Waals surface area contributed by atoms with Crippen LogP contribution >= 0.6 is 23.2 Å². The molecule has 0 saturated heterocycles. The van der Waals surface area contributed by atoms with Crippen molar-refractivity contribution in [1.82, 2.24) is 0 Å². The Morgan fingerprint density at radius 1 is 1.00 bits per heavy atom. The molecule has 1 amide bonds. The Morgan fingerprint density at radius 3 is 2.29 bits per heavy atom. The van der Waals surface area contributed by atoms with E-state index < -0.39 is 28.4 Å². The zero-order chi connectivity index (χ0) is 24.9. The van der Waals surface area contributed by atoms with Crippen molar-refractivity contribution in [1.29, 1.82) is 0 Å². The van der Waals surface area contributed by atoms with Gasteiger partial charge in [0.25, 0.3) is 10.0 Å². The number of hydrogen-bond acceptors (Lipinski definition) is 5. The Hall–Kier alpha value is -3.07. The highest BCUT2D eigenvalue weighted by atomic mass is 35.5. The molecule has 7 nitrogen and oxygen atoms in total. The average molecular weight is 521 g/mol. The summed E-state index contributed by atoms with van der Waals surface area (Å²) in [4.78, 5) is 24.8. The summed E-state index contributed by atoms with van der Waals surface area (Å²) >= 11 is 12.1. The molecule has 0 aliphatic carbocycles. The van der Waals surface area contributed by atoms with Crippen molar-refractivity contribution in [3.63, 3.8) is 0 Å². The van der Waals surface area contributed by atoms with Gasteiger partial charge in [0.1, 0.15) is 6.54 Å². The van der Waals surface area contributed by atoms with Crippen LogP contribution < -0.4 is 9.62 Å². The third-order valence-corrected chi connectivity index (χ3v) is 7.16. The number of hydrogen-bond donors (Lipinski definition) is 1. The molecule has 10 heteroatoms. The highest BCUT2D eigenvalue weighted by Gasteiger charge is 2.28. The zero-order valence-corrected chi connectivity index (χ0v) is 20.7. The molecule has 3 aromatic rings. The summed E-state index contributed by atoms with van der Waals surface area (Å²) in [6, 6.07) is 16.9. The quantitative estimate of drug-likeness (QED) is 0.406. The van der Waals surface area contributed by atoms with Gasteiger partial charge in [0.05, 0.1) is 27.8 Å². The van der Waals surface area contributed by atoms with Crippen LogP contribution in [0, 0.1) is 6.92 Å². The molecule has 0 aliphatic rings. The lowest BCUT2D eigenvalue weighted by atomic mass is 10.2. The molecule has 0 spiro atoms. The number of amides is 1. The van der Waals surface area contributed by atoms with Crippen LogP contribution in [-0.4, -0.2) is 33.4 Å². The number of benzene rings is 3. The Balaban J connectivity index is 1.89. The molecular weight excluding hydrogens is 499 g/mol. The van der Waals surface area contributed by atoms with Gasteiger partial charge in [-0.2, -0.15) is 0 Å². The molecule has 0 saturated carbocycles. The van der Waals surface area contributed by atoms with Crippen molar-refractivity contribution in [3.05, 3.63) is 87.9 Å². The van der Waals surface area contributed by atoms with E-state index in [1.165, 1.54) is 42.5 Å². The molecule has 0 heterocycles. The van der Waals surface area contributed by atoms with Gasteiger partial charge >= 0.3 is 5.97 Å². The average Bonchev–Trinajstić information content (AvgIpc) is 2.78. The molecular formula is C24H22Cl2N2O5S. The van der Waals surface area contributed by atoms with Gasteiger partial charge in [-0.15, -0.1) is 0 Å². The number of para-hydroxylation sites is 1. The van der Waals surface area contributed by atoms with Crippen molar-refractivity contribution >= 4 is 56.5 Å². The summed E-state index contributed by atoms with van der Waals surface area (Å²) in [5.41, 5.74) is 1.50. The SMILES string of the molecule is CCOC(=O)c1ccc(NC(=O)CN(c2ccccc2C)S(=O)(=O)c2ccc(Cl)cc2)cc1Cl. The van der Waals surface area contributed by atoms with Crippen LogP contribution in [-0.2, 0) is 19.6 Å². The molecule has 3 rings (SSSR count). The fourth-order valence-corrected chi connectivity index (χ4v) is 5.04. The second-order valence-corrected chi connectivity index (χ2v) is 9.92. The minimum Gasteiger partial charge on any atom is -0.462 e. The van der Waals surface area contributed by atoms with Gasteiger partial charge < -0.3 is 10.1 Å². The maximum atomic E-state index is 13.4. The number of esters is 1. The molecule has 178 valence electrons. The van der Waals surface area contributed by atoms with Crippen LogP contribution in [0.4, 0.5) is 11.4 Å². The number of aryl methyl sites for hydroxylation is 1. The van der Waals surface area contributed by atoms with Crippen LogP contribution in [0.5, 0.6) is 0 Å². The molecule has 0 aliphatic heterocycles. The number of nitrogens with one attached hydrogen (secondary N) is 1. The van der Waals surface area contributed by atoms with Crippen LogP contribution in [0.15, 0.2) is 71.6 Å². The number of anilines is 2. The largest absolute Gasteiger partial charge is 0.462 e. The van der Waals surface area contributed by atoms with Crippen molar-refractivity contribution < 1.29 is 22.7 Å². The van der Waals surface area contributed by atoms with Crippen LogP contribution in [0.1, 0.15) is 22.8 Å². The molecule has 34 heavy (non-hydrogen) atoms. The third-order valence-electron chi connectivity index (χ3n) is 4.82. The molecule has 0 aromatic heterocycles. The van der Waals surface area contributed by atoms with E-state index in [1.807, 2.05) is 0 Å². The summed E-state index contributed by atoms with van der Waals surface area (Å²) in [6.45, 7) is 3.14. The summed E-state index contributed by atoms with van der Waals surface area (Å²) < 4.78 is 32.9. The molecule has 0 fully saturated rings. The van der Waals surface area contributed by atoms with Gasteiger partial charge in [0, 0.05) is 10.7 Å². The lowest BCUT2D eigenvalue weighted by Crippen LogP contribution is -2.38. The second-order valence-electron chi connectivity index (χ2n) is 7.22. The summed E-state index contributed by atoms with van der Waals surface area (Å²) in [6.07, 6.45) is 0. The fraction of sp³-hybridized carbons (Fsp3) is 0.167. The number of carbonyl (C=O) groups excluding carboxylic acids is 2. The van der Waals surface area contributed by atoms with E-state index in [0.717, 1.165) is 4.31 Å². The fourth-order valence-electron chi connectivity index (χ4n) is 3.17. The maximum Gasteiger partial charge on any atom is 0.339 e. The monoisotopic (exact) mass is 520 g/mol. The first-order chi connectivity index (χ1) is 16.1. The molecule has 0 radical (unpaired) electrons. The predicted octanol–water partition coefficient (Wildman–Crippen LogP) is 5.31. The second kappa shape index (κ2) is 10.9. The van der Waals surface area contributed by atoms with E-state index in [4.69, 9.17) is 27.9 Å². The van der Waals surface area contributed by atoms with E-state index in [2.05, 4.69) is 5.32 Å². The van der Waals surface area contributed by atoms with Gasteiger partial charge in [0.2, 0.25) is 5.91 Å². The summed E-state index contributed by atoms with van der Waals surface area (Å²) in [5.74, 6) is -1.18. The van der Waals surface area contributed by atoms with Gasteiger partial charge in [0.15, 0.2) is 0 Å². The minimum atomic E-state index is -4.09. The number of halogens is 2. The van der Waals surface area contributed by atoms with Crippen molar-refractivity contribution in [2.75, 3.05) is 22.8 Å². The first-order valence-corrected chi connectivity index (χ1v) is 12.4. The summed E-state index contributed by atoms with van der Waals surface area (Å²) in [7, 11) is -4.09. The van der Waals surface area contributed by atoms with Gasteiger partial charge in [-0.25, -0.2) is 13.2 Å². The van der Waals surface area contributed by atoms with E-state index >= 15 is 0 Å². The molecule has 3 aromatic carbocycles. The van der Waals surface area contributed by atoms with Gasteiger partial charge in [-0.3, -0.25) is 9.10 Å². The van der Waals surface area contributed by atoms with E-state index in [1.54, 1.807) is 38.1 Å². The number of nitrogens with zero attached hydrogens (tertiary/aromatic N) is 1. The molecule has 0 atom stereocenters. The first-order valence-electron chi connectivity index (χ1n) is 10.2. The Bertz CT molecular complexity index is 1310. The summed E-state index contributed by atoms with van der Waals surface area (Å²) in [5, 5.41) is 3.12. The number of sulfonamides is 1. The Kier molecular flexibility index (Phi) is 8.19. The normalized spacial score (nSPS) is 11.1. The standard InChI is InChI=1S/C24H22Cl2N2O5S/c1-3-33-24(30)20-13-10-18(14-21(20)26)27-23(29)15-28(22-7-5-4-6-16(22)2)34(31,32)19-11-8-17(25)9-12-19/h4-14H,3,15H2,1-2H3,(H,27,29). The highest BCUT2D eigenvalue weighted by molar-refractivity contribution is 7.92. The van der Waals surface area contributed by atoms with Crippen molar-refractivity contribution in [2.45, 2.75) is 18.7 Å². The van der Waals surface area contributed by atoms with Gasteiger partial charge in [-0.1, -0.05) is 41.4 Å². The van der Waals surface area contributed by atoms with Crippen molar-refractivity contribution in [2.24, 2.45) is 0 Å². The third kappa shape index (κ3) is 5.88. The number of ether oxygens (including phenoxy) is 1. The molecule has 1 N–H and O–H groups in total. The maximum absolute atomic E-state index is 13.4. The van der Waals surface area contributed by atoms with Crippen molar-refractivity contribution in [3.8, 4) is 0 Å². The molecule has 0 unspecified atom stereocenters. The topological polar surface area (TPSA) is 92.8 Å². The number of carbonyl (C=O) groups is 2. The molecule has 0 bridgehead atoms. The number of rotatable bonds is 8. The lowest BCUT2D eigenvalue weighted by molar-refractivity contribution is -0.114. The van der Waals surface area contributed by atoms with Crippen LogP contribution in [0.2, 0.25) is 10.0 Å². The van der Waals surface area contributed by atoms with E-state index in [0.29, 0.717) is 22.0 Å². The van der Waals surface area contributed by atoms with E-state index in [-0.39, 0.29) is 22.1 Å². The first kappa shape index (κ1) is 25.6.